The third-order valence-corrected chi connectivity index (χ3v) is 6.99. The van der Waals surface area contributed by atoms with Crippen LogP contribution in [-0.2, 0) is 5.41 Å². The first kappa shape index (κ1) is 11.6. The Kier molecular flexibility index (Phi) is 2.37. The van der Waals surface area contributed by atoms with Crippen molar-refractivity contribution < 1.29 is 0 Å². The fourth-order valence-electron chi connectivity index (χ4n) is 5.11. The van der Waals surface area contributed by atoms with Crippen molar-refractivity contribution in [2.45, 2.75) is 41.9 Å². The summed E-state index contributed by atoms with van der Waals surface area (Å²) in [4.78, 5) is 0. The van der Waals surface area contributed by atoms with Gasteiger partial charge in [-0.05, 0) is 55.4 Å². The molecule has 0 nitrogen and oxygen atoms in total. The van der Waals surface area contributed by atoms with Crippen molar-refractivity contribution in [1.29, 1.82) is 0 Å². The second-order valence-corrected chi connectivity index (χ2v) is 8.00. The number of hydrogen-bond donors (Lipinski definition) is 0. The summed E-state index contributed by atoms with van der Waals surface area (Å²) in [6, 6.07) is 10.8. The second kappa shape index (κ2) is 3.67. The molecule has 0 N–H and O–H groups in total. The molecular formula is C16H18Cl2. The van der Waals surface area contributed by atoms with Gasteiger partial charge in [0.25, 0.3) is 0 Å². The van der Waals surface area contributed by atoms with E-state index in [0.29, 0.717) is 5.92 Å². The molecule has 0 spiro atoms. The monoisotopic (exact) mass is 280 g/mol. The van der Waals surface area contributed by atoms with Crippen LogP contribution in [0.2, 0.25) is 0 Å². The van der Waals surface area contributed by atoms with Crippen LogP contribution in [0.25, 0.3) is 0 Å². The van der Waals surface area contributed by atoms with Gasteiger partial charge in [-0.15, -0.1) is 23.2 Å². The third-order valence-electron chi connectivity index (χ3n) is 5.65. The van der Waals surface area contributed by atoms with E-state index >= 15 is 0 Å². The zero-order valence-electron chi connectivity index (χ0n) is 10.4. The van der Waals surface area contributed by atoms with E-state index in [4.69, 9.17) is 23.2 Å². The molecule has 0 saturated heterocycles. The Morgan fingerprint density at radius 1 is 0.889 bits per heavy atom. The lowest BCUT2D eigenvalue weighted by atomic mass is 9.47. The minimum Gasteiger partial charge on any atom is -0.100 e. The van der Waals surface area contributed by atoms with Crippen LogP contribution in [0.3, 0.4) is 0 Å². The van der Waals surface area contributed by atoms with Crippen LogP contribution < -0.4 is 0 Å². The van der Waals surface area contributed by atoms with E-state index in [9.17, 15) is 0 Å². The summed E-state index contributed by atoms with van der Waals surface area (Å²) in [6.07, 6.45) is 6.29. The van der Waals surface area contributed by atoms with Gasteiger partial charge in [0.15, 0.2) is 0 Å². The van der Waals surface area contributed by atoms with Crippen LogP contribution in [0, 0.1) is 17.8 Å². The highest BCUT2D eigenvalue weighted by Gasteiger charge is 2.64. The molecule has 0 aliphatic heterocycles. The maximum atomic E-state index is 6.88. The Labute approximate surface area is 119 Å². The molecular weight excluding hydrogens is 263 g/mol. The standard InChI is InChI=1S/C16H18Cl2/c17-16(18)14-7-11-6-12(8-14)10-15(16,9-11)13-4-2-1-3-5-13/h1-5,11-12,14H,6-10H2. The topological polar surface area (TPSA) is 0 Å². The Bertz CT molecular complexity index is 451. The number of benzene rings is 1. The molecule has 5 rings (SSSR count). The van der Waals surface area contributed by atoms with Gasteiger partial charge in [-0.2, -0.15) is 0 Å². The van der Waals surface area contributed by atoms with Gasteiger partial charge in [0.1, 0.15) is 4.33 Å². The molecule has 4 fully saturated rings. The van der Waals surface area contributed by atoms with Crippen molar-refractivity contribution in [3.05, 3.63) is 35.9 Å². The molecule has 1 aromatic rings. The van der Waals surface area contributed by atoms with Crippen LogP contribution in [0.5, 0.6) is 0 Å². The van der Waals surface area contributed by atoms with E-state index in [0.717, 1.165) is 11.8 Å². The second-order valence-electron chi connectivity index (χ2n) is 6.62. The first-order valence-corrected chi connectivity index (χ1v) is 7.81. The van der Waals surface area contributed by atoms with Gasteiger partial charge in [-0.1, -0.05) is 30.3 Å². The van der Waals surface area contributed by atoms with Crippen LogP contribution in [0.15, 0.2) is 30.3 Å². The summed E-state index contributed by atoms with van der Waals surface area (Å²) in [5.74, 6) is 2.22. The molecule has 2 heteroatoms. The lowest BCUT2D eigenvalue weighted by molar-refractivity contribution is -0.0152. The van der Waals surface area contributed by atoms with Crippen molar-refractivity contribution >= 4 is 23.2 Å². The van der Waals surface area contributed by atoms with Crippen molar-refractivity contribution in [2.75, 3.05) is 0 Å². The van der Waals surface area contributed by atoms with Gasteiger partial charge in [0.2, 0.25) is 0 Å². The first-order valence-electron chi connectivity index (χ1n) is 7.05. The normalized spacial score (nSPS) is 44.2. The van der Waals surface area contributed by atoms with E-state index in [1.54, 1.807) is 0 Å². The summed E-state index contributed by atoms with van der Waals surface area (Å²) < 4.78 is -0.554. The highest BCUT2D eigenvalue weighted by molar-refractivity contribution is 6.49. The van der Waals surface area contributed by atoms with Gasteiger partial charge in [0.05, 0.1) is 0 Å². The fourth-order valence-corrected chi connectivity index (χ4v) is 5.99. The SMILES string of the molecule is ClC1(Cl)C2CC3CC(C2)CC1(c1ccccc1)C3. The van der Waals surface area contributed by atoms with Crippen molar-refractivity contribution in [3.8, 4) is 0 Å². The molecule has 1 aromatic carbocycles. The van der Waals surface area contributed by atoms with E-state index in [-0.39, 0.29) is 5.41 Å². The molecule has 0 radical (unpaired) electrons. The van der Waals surface area contributed by atoms with Crippen molar-refractivity contribution in [3.63, 3.8) is 0 Å². The number of halogens is 2. The Hall–Kier alpha value is -0.200. The first-order chi connectivity index (χ1) is 8.62. The average Bonchev–Trinajstić information content (AvgIpc) is 2.36. The Morgan fingerprint density at radius 2 is 1.50 bits per heavy atom. The molecule has 96 valence electrons. The minimum absolute atomic E-state index is 0.0200. The summed E-state index contributed by atoms with van der Waals surface area (Å²) in [5.41, 5.74) is 1.39. The van der Waals surface area contributed by atoms with Crippen molar-refractivity contribution in [2.24, 2.45) is 17.8 Å². The highest BCUT2D eigenvalue weighted by atomic mass is 35.5. The van der Waals surface area contributed by atoms with Gasteiger partial charge in [-0.25, -0.2) is 0 Å². The van der Waals surface area contributed by atoms with Crippen LogP contribution in [-0.4, -0.2) is 4.33 Å². The zero-order chi connectivity index (χ0) is 12.4. The molecule has 4 saturated carbocycles. The molecule has 4 bridgehead atoms. The molecule has 2 atom stereocenters. The van der Waals surface area contributed by atoms with Crippen LogP contribution >= 0.6 is 23.2 Å². The molecule has 0 aromatic heterocycles. The van der Waals surface area contributed by atoms with E-state index in [1.165, 1.54) is 37.7 Å². The fraction of sp³-hybridized carbons (Fsp3) is 0.625. The van der Waals surface area contributed by atoms with E-state index in [1.807, 2.05) is 0 Å². The molecule has 0 amide bonds. The summed E-state index contributed by atoms with van der Waals surface area (Å²) in [5, 5.41) is 0. The van der Waals surface area contributed by atoms with Crippen LogP contribution in [0.4, 0.5) is 0 Å². The summed E-state index contributed by atoms with van der Waals surface area (Å²) >= 11 is 13.8. The van der Waals surface area contributed by atoms with Crippen LogP contribution in [0.1, 0.15) is 37.7 Å². The predicted molar refractivity (Wildman–Crippen MR) is 76.1 cm³/mol. The predicted octanol–water partition coefficient (Wildman–Crippen LogP) is 4.94. The molecule has 4 aliphatic carbocycles. The smallest absolute Gasteiger partial charge is 0.100 e. The molecule has 4 aliphatic rings. The van der Waals surface area contributed by atoms with E-state index < -0.39 is 4.33 Å². The molecule has 2 unspecified atom stereocenters. The third kappa shape index (κ3) is 1.34. The van der Waals surface area contributed by atoms with E-state index in [2.05, 4.69) is 30.3 Å². The van der Waals surface area contributed by atoms with Gasteiger partial charge in [0, 0.05) is 5.41 Å². The Morgan fingerprint density at radius 3 is 2.11 bits per heavy atom. The maximum absolute atomic E-state index is 6.88. The van der Waals surface area contributed by atoms with Gasteiger partial charge >= 0.3 is 0 Å². The number of rotatable bonds is 1. The van der Waals surface area contributed by atoms with Crippen molar-refractivity contribution in [1.82, 2.24) is 0 Å². The summed E-state index contributed by atoms with van der Waals surface area (Å²) in [7, 11) is 0. The zero-order valence-corrected chi connectivity index (χ0v) is 11.9. The molecule has 0 heterocycles. The largest absolute Gasteiger partial charge is 0.130 e. The quantitative estimate of drug-likeness (QED) is 0.640. The number of hydrogen-bond acceptors (Lipinski definition) is 0. The highest BCUT2D eigenvalue weighted by Crippen LogP contribution is 2.68. The van der Waals surface area contributed by atoms with Gasteiger partial charge < -0.3 is 0 Å². The number of alkyl halides is 2. The summed E-state index contributed by atoms with van der Waals surface area (Å²) in [6.45, 7) is 0. The molecule has 18 heavy (non-hydrogen) atoms. The minimum atomic E-state index is -0.554. The average molecular weight is 281 g/mol. The Balaban J connectivity index is 1.87. The maximum Gasteiger partial charge on any atom is 0.130 e. The lowest BCUT2D eigenvalue weighted by Gasteiger charge is -2.63. The lowest BCUT2D eigenvalue weighted by Crippen LogP contribution is -2.61. The van der Waals surface area contributed by atoms with Gasteiger partial charge in [-0.3, -0.25) is 0 Å².